The number of anilines is 1. The second-order valence-corrected chi connectivity index (χ2v) is 5.83. The van der Waals surface area contributed by atoms with Crippen molar-refractivity contribution < 1.29 is 9.18 Å². The number of hydrogen-bond acceptors (Lipinski definition) is 3. The summed E-state index contributed by atoms with van der Waals surface area (Å²) in [5, 5.41) is 0. The van der Waals surface area contributed by atoms with Crippen molar-refractivity contribution in [2.24, 2.45) is 0 Å². The van der Waals surface area contributed by atoms with Gasteiger partial charge in [0.1, 0.15) is 5.82 Å². The van der Waals surface area contributed by atoms with Crippen molar-refractivity contribution in [2.75, 3.05) is 25.4 Å². The lowest BCUT2D eigenvalue weighted by Crippen LogP contribution is -2.56. The number of nitrogens with two attached hydrogens (primary N) is 1. The molecular formula is C15H20FN3O. The predicted molar refractivity (Wildman–Crippen MR) is 75.9 cm³/mol. The van der Waals surface area contributed by atoms with Gasteiger partial charge >= 0.3 is 0 Å². The van der Waals surface area contributed by atoms with E-state index in [2.05, 4.69) is 4.90 Å². The fourth-order valence-electron chi connectivity index (χ4n) is 3.34. The van der Waals surface area contributed by atoms with Crippen molar-refractivity contribution in [2.45, 2.75) is 31.8 Å². The molecule has 0 aromatic heterocycles. The molecule has 2 atom stereocenters. The molecule has 2 aliphatic heterocycles. The monoisotopic (exact) mass is 277 g/mol. The Morgan fingerprint density at radius 1 is 1.40 bits per heavy atom. The normalized spacial score (nSPS) is 26.6. The first-order valence-electron chi connectivity index (χ1n) is 7.16. The minimum absolute atomic E-state index is 0.138. The van der Waals surface area contributed by atoms with Gasteiger partial charge in [0.25, 0.3) is 5.91 Å². The molecule has 2 unspecified atom stereocenters. The Balaban J connectivity index is 1.84. The molecule has 0 saturated carbocycles. The van der Waals surface area contributed by atoms with E-state index in [0.29, 0.717) is 11.7 Å². The summed E-state index contributed by atoms with van der Waals surface area (Å²) >= 11 is 0. The number of hydrogen-bond donors (Lipinski definition) is 1. The molecule has 0 aliphatic carbocycles. The molecule has 1 aromatic rings. The van der Waals surface area contributed by atoms with Crippen molar-refractivity contribution in [1.82, 2.24) is 9.80 Å². The highest BCUT2D eigenvalue weighted by molar-refractivity contribution is 5.99. The Labute approximate surface area is 118 Å². The van der Waals surface area contributed by atoms with Crippen LogP contribution < -0.4 is 5.73 Å². The van der Waals surface area contributed by atoms with Gasteiger partial charge in [0.15, 0.2) is 0 Å². The van der Waals surface area contributed by atoms with Crippen molar-refractivity contribution in [3.8, 4) is 0 Å². The highest BCUT2D eigenvalue weighted by Crippen LogP contribution is 2.26. The number of halogens is 1. The maximum atomic E-state index is 13.4. The maximum Gasteiger partial charge on any atom is 0.256 e. The molecule has 4 nitrogen and oxygen atoms in total. The molecule has 2 saturated heterocycles. The summed E-state index contributed by atoms with van der Waals surface area (Å²) in [6, 6.07) is 4.57. The summed E-state index contributed by atoms with van der Waals surface area (Å²) in [6.45, 7) is 4.78. The van der Waals surface area contributed by atoms with Gasteiger partial charge in [0, 0.05) is 30.9 Å². The third-order valence-electron chi connectivity index (χ3n) is 4.44. The number of piperazine rings is 1. The molecule has 5 heteroatoms. The van der Waals surface area contributed by atoms with Crippen LogP contribution in [-0.2, 0) is 0 Å². The Bertz CT molecular complexity index is 534. The molecule has 0 bridgehead atoms. The van der Waals surface area contributed by atoms with Crippen LogP contribution >= 0.6 is 0 Å². The number of carbonyl (C=O) groups excluding carboxylic acids is 1. The molecule has 3 rings (SSSR count). The maximum absolute atomic E-state index is 13.4. The van der Waals surface area contributed by atoms with E-state index in [1.165, 1.54) is 24.6 Å². The van der Waals surface area contributed by atoms with Gasteiger partial charge in [0.05, 0.1) is 5.56 Å². The van der Waals surface area contributed by atoms with E-state index in [-0.39, 0.29) is 17.5 Å². The van der Waals surface area contributed by atoms with Crippen LogP contribution in [0.25, 0.3) is 0 Å². The number of benzene rings is 1. The van der Waals surface area contributed by atoms with E-state index in [0.717, 1.165) is 26.1 Å². The minimum Gasteiger partial charge on any atom is -0.398 e. The lowest BCUT2D eigenvalue weighted by molar-refractivity contribution is 0.0396. The molecule has 0 spiro atoms. The van der Waals surface area contributed by atoms with Crippen LogP contribution in [0.2, 0.25) is 0 Å². The Morgan fingerprint density at radius 3 is 3.00 bits per heavy atom. The van der Waals surface area contributed by atoms with E-state index in [4.69, 9.17) is 5.73 Å². The highest BCUT2D eigenvalue weighted by atomic mass is 19.1. The number of amides is 1. The summed E-state index contributed by atoms with van der Waals surface area (Å²) < 4.78 is 13.4. The average molecular weight is 277 g/mol. The van der Waals surface area contributed by atoms with Gasteiger partial charge in [-0.15, -0.1) is 0 Å². The average Bonchev–Trinajstić information content (AvgIpc) is 2.87. The molecule has 20 heavy (non-hydrogen) atoms. The molecule has 2 N–H and O–H groups in total. The Morgan fingerprint density at radius 2 is 2.20 bits per heavy atom. The van der Waals surface area contributed by atoms with Crippen LogP contribution in [0.3, 0.4) is 0 Å². The highest BCUT2D eigenvalue weighted by Gasteiger charge is 2.37. The van der Waals surface area contributed by atoms with Crippen LogP contribution in [-0.4, -0.2) is 47.4 Å². The fraction of sp³-hybridized carbons (Fsp3) is 0.533. The van der Waals surface area contributed by atoms with Gasteiger partial charge < -0.3 is 10.6 Å². The van der Waals surface area contributed by atoms with Gasteiger partial charge in [-0.25, -0.2) is 4.39 Å². The van der Waals surface area contributed by atoms with Crippen LogP contribution in [0.4, 0.5) is 10.1 Å². The van der Waals surface area contributed by atoms with Gasteiger partial charge in [-0.3, -0.25) is 9.69 Å². The van der Waals surface area contributed by atoms with E-state index >= 15 is 0 Å². The Hall–Kier alpha value is -1.62. The number of nitrogens with zero attached hydrogens (tertiary/aromatic N) is 2. The minimum atomic E-state index is -0.422. The smallest absolute Gasteiger partial charge is 0.256 e. The first kappa shape index (κ1) is 13.4. The van der Waals surface area contributed by atoms with Crippen molar-refractivity contribution in [3.05, 3.63) is 29.6 Å². The quantitative estimate of drug-likeness (QED) is 0.795. The van der Waals surface area contributed by atoms with Gasteiger partial charge in [0.2, 0.25) is 0 Å². The number of fused-ring (bicyclic) bond motifs is 1. The van der Waals surface area contributed by atoms with E-state index < -0.39 is 5.82 Å². The first-order chi connectivity index (χ1) is 9.56. The van der Waals surface area contributed by atoms with E-state index in [1.54, 1.807) is 0 Å². The van der Waals surface area contributed by atoms with Gasteiger partial charge in [-0.2, -0.15) is 0 Å². The first-order valence-corrected chi connectivity index (χ1v) is 7.16. The summed E-state index contributed by atoms with van der Waals surface area (Å²) in [5.74, 6) is -0.573. The molecule has 1 amide bonds. The van der Waals surface area contributed by atoms with Gasteiger partial charge in [-0.1, -0.05) is 0 Å². The lowest BCUT2D eigenvalue weighted by atomic mass is 10.0. The number of nitrogen functional groups attached to an aromatic ring is 1. The predicted octanol–water partition coefficient (Wildman–Crippen LogP) is 1.72. The van der Waals surface area contributed by atoms with Crippen molar-refractivity contribution in [1.29, 1.82) is 0 Å². The van der Waals surface area contributed by atoms with E-state index in [9.17, 15) is 9.18 Å². The second-order valence-electron chi connectivity index (χ2n) is 5.83. The summed E-state index contributed by atoms with van der Waals surface area (Å²) in [6.07, 6.45) is 2.33. The lowest BCUT2D eigenvalue weighted by Gasteiger charge is -2.42. The molecule has 108 valence electrons. The molecule has 0 radical (unpaired) electrons. The molecule has 2 aliphatic rings. The Kier molecular flexibility index (Phi) is 3.38. The van der Waals surface area contributed by atoms with E-state index in [1.807, 2.05) is 11.8 Å². The standard InChI is InChI=1S/C15H20FN3O/c1-10-8-18-6-2-3-12(18)9-19(10)15(20)13-7-11(16)4-5-14(13)17/h4-5,7,10,12H,2-3,6,8-9,17H2,1H3. The zero-order valence-corrected chi connectivity index (χ0v) is 11.7. The SMILES string of the molecule is CC1CN2CCCC2CN1C(=O)c1cc(F)ccc1N. The van der Waals surface area contributed by atoms with Crippen LogP contribution in [0.15, 0.2) is 18.2 Å². The molecule has 2 fully saturated rings. The molecular weight excluding hydrogens is 257 g/mol. The largest absolute Gasteiger partial charge is 0.398 e. The third-order valence-corrected chi connectivity index (χ3v) is 4.44. The van der Waals surface area contributed by atoms with Crippen molar-refractivity contribution in [3.63, 3.8) is 0 Å². The zero-order chi connectivity index (χ0) is 14.3. The zero-order valence-electron chi connectivity index (χ0n) is 11.7. The van der Waals surface area contributed by atoms with Crippen LogP contribution in [0.5, 0.6) is 0 Å². The molecule has 1 aromatic carbocycles. The fourth-order valence-corrected chi connectivity index (χ4v) is 3.34. The second kappa shape index (κ2) is 5.05. The summed E-state index contributed by atoms with van der Waals surface area (Å²) in [7, 11) is 0. The third kappa shape index (κ3) is 2.26. The van der Waals surface area contributed by atoms with Gasteiger partial charge in [-0.05, 0) is 44.5 Å². The van der Waals surface area contributed by atoms with Crippen LogP contribution in [0, 0.1) is 5.82 Å². The summed E-state index contributed by atoms with van der Waals surface area (Å²) in [5.41, 5.74) is 6.45. The molecule has 2 heterocycles. The van der Waals surface area contributed by atoms with Crippen molar-refractivity contribution >= 4 is 11.6 Å². The number of rotatable bonds is 1. The number of carbonyl (C=O) groups is 1. The van der Waals surface area contributed by atoms with Crippen LogP contribution in [0.1, 0.15) is 30.1 Å². The summed E-state index contributed by atoms with van der Waals surface area (Å²) in [4.78, 5) is 16.9. The topological polar surface area (TPSA) is 49.6 Å².